The van der Waals surface area contributed by atoms with Gasteiger partial charge in [0.15, 0.2) is 6.61 Å². The average Bonchev–Trinajstić information content (AvgIpc) is 2.61. The Morgan fingerprint density at radius 2 is 1.88 bits per heavy atom. The zero-order valence-corrected chi connectivity index (χ0v) is 13.3. The number of hydrogen-bond acceptors (Lipinski definition) is 5. The highest BCUT2D eigenvalue weighted by molar-refractivity contribution is 5.97. The summed E-state index contributed by atoms with van der Waals surface area (Å²) in [7, 11) is 1.30. The van der Waals surface area contributed by atoms with Crippen LogP contribution in [-0.2, 0) is 9.53 Å². The van der Waals surface area contributed by atoms with Crippen LogP contribution in [0.5, 0.6) is 5.75 Å². The molecule has 122 valence electrons. The summed E-state index contributed by atoms with van der Waals surface area (Å²) in [6.45, 7) is 1.54. The van der Waals surface area contributed by atoms with Crippen molar-refractivity contribution in [2.75, 3.05) is 19.0 Å². The van der Waals surface area contributed by atoms with Gasteiger partial charge in [-0.3, -0.25) is 4.79 Å². The van der Waals surface area contributed by atoms with Crippen LogP contribution in [0.4, 0.5) is 5.69 Å². The number of carbonyl (C=O) groups is 2. The molecule has 2 rings (SSSR count). The molecule has 0 saturated heterocycles. The predicted molar refractivity (Wildman–Crippen MR) is 87.8 cm³/mol. The third-order valence-corrected chi connectivity index (χ3v) is 3.37. The summed E-state index contributed by atoms with van der Waals surface area (Å²) in [4.78, 5) is 23.7. The standard InChI is InChI=1S/C18H16N2O4/c1-12-15(18(22)23-2)4-3-5-16(12)20-17(21)11-24-14-8-6-13(10-19)7-9-14/h3-9H,11H2,1-2H3,(H,20,21). The molecular formula is C18H16N2O4. The molecule has 0 heterocycles. The Kier molecular flexibility index (Phi) is 5.53. The van der Waals surface area contributed by atoms with Crippen molar-refractivity contribution in [2.45, 2.75) is 6.92 Å². The van der Waals surface area contributed by atoms with E-state index in [1.54, 1.807) is 49.4 Å². The number of rotatable bonds is 5. The second kappa shape index (κ2) is 7.79. The zero-order valence-electron chi connectivity index (χ0n) is 13.3. The number of nitrogens with one attached hydrogen (secondary N) is 1. The molecule has 0 saturated carbocycles. The molecule has 0 atom stereocenters. The quantitative estimate of drug-likeness (QED) is 0.854. The van der Waals surface area contributed by atoms with Gasteiger partial charge in [0.25, 0.3) is 5.91 Å². The molecule has 24 heavy (non-hydrogen) atoms. The van der Waals surface area contributed by atoms with E-state index in [0.29, 0.717) is 28.1 Å². The third kappa shape index (κ3) is 4.11. The molecule has 0 bridgehead atoms. The van der Waals surface area contributed by atoms with Crippen LogP contribution in [0.2, 0.25) is 0 Å². The first-order valence-electron chi connectivity index (χ1n) is 7.16. The van der Waals surface area contributed by atoms with Gasteiger partial charge in [0.05, 0.1) is 24.3 Å². The highest BCUT2D eigenvalue weighted by Crippen LogP contribution is 2.20. The number of hydrogen-bond donors (Lipinski definition) is 1. The van der Waals surface area contributed by atoms with Crippen LogP contribution in [0.15, 0.2) is 42.5 Å². The van der Waals surface area contributed by atoms with Crippen LogP contribution in [0.25, 0.3) is 0 Å². The van der Waals surface area contributed by atoms with E-state index in [4.69, 9.17) is 14.7 Å². The molecule has 0 aliphatic rings. The van der Waals surface area contributed by atoms with Crippen molar-refractivity contribution in [3.05, 3.63) is 59.2 Å². The van der Waals surface area contributed by atoms with Crippen molar-refractivity contribution in [1.82, 2.24) is 0 Å². The number of carbonyl (C=O) groups excluding carboxylic acids is 2. The fraction of sp³-hybridized carbons (Fsp3) is 0.167. The van der Waals surface area contributed by atoms with Crippen LogP contribution >= 0.6 is 0 Å². The molecule has 6 heteroatoms. The van der Waals surface area contributed by atoms with E-state index in [2.05, 4.69) is 5.32 Å². The van der Waals surface area contributed by atoms with Gasteiger partial charge in [-0.05, 0) is 48.9 Å². The zero-order chi connectivity index (χ0) is 17.5. The maximum atomic E-state index is 12.0. The van der Waals surface area contributed by atoms with Gasteiger partial charge in [-0.15, -0.1) is 0 Å². The molecule has 0 fully saturated rings. The average molecular weight is 324 g/mol. The van der Waals surface area contributed by atoms with Crippen LogP contribution in [0.3, 0.4) is 0 Å². The van der Waals surface area contributed by atoms with E-state index < -0.39 is 5.97 Å². The van der Waals surface area contributed by atoms with Crippen LogP contribution in [-0.4, -0.2) is 25.6 Å². The lowest BCUT2D eigenvalue weighted by Gasteiger charge is -2.12. The highest BCUT2D eigenvalue weighted by Gasteiger charge is 2.13. The maximum Gasteiger partial charge on any atom is 0.338 e. The molecule has 0 spiro atoms. The maximum absolute atomic E-state index is 12.0. The number of anilines is 1. The van der Waals surface area contributed by atoms with Gasteiger partial charge in [0.2, 0.25) is 0 Å². The summed E-state index contributed by atoms with van der Waals surface area (Å²) in [5, 5.41) is 11.4. The molecule has 6 nitrogen and oxygen atoms in total. The fourth-order valence-corrected chi connectivity index (χ4v) is 2.06. The summed E-state index contributed by atoms with van der Waals surface area (Å²) in [6.07, 6.45) is 0. The van der Waals surface area contributed by atoms with Crippen molar-refractivity contribution in [2.24, 2.45) is 0 Å². The predicted octanol–water partition coefficient (Wildman–Crippen LogP) is 2.67. The van der Waals surface area contributed by atoms with E-state index >= 15 is 0 Å². The Hall–Kier alpha value is -3.33. The van der Waals surface area contributed by atoms with E-state index in [-0.39, 0.29) is 12.5 Å². The first-order valence-corrected chi connectivity index (χ1v) is 7.16. The van der Waals surface area contributed by atoms with Crippen molar-refractivity contribution in [3.63, 3.8) is 0 Å². The monoisotopic (exact) mass is 324 g/mol. The summed E-state index contributed by atoms with van der Waals surface area (Å²) >= 11 is 0. The number of methoxy groups -OCH3 is 1. The van der Waals surface area contributed by atoms with Gasteiger partial charge in [0.1, 0.15) is 5.75 Å². The Labute approximate surface area is 139 Å². The van der Waals surface area contributed by atoms with Gasteiger partial charge in [0, 0.05) is 5.69 Å². The van der Waals surface area contributed by atoms with Crippen molar-refractivity contribution in [1.29, 1.82) is 5.26 Å². The fourth-order valence-electron chi connectivity index (χ4n) is 2.06. The van der Waals surface area contributed by atoms with E-state index in [1.807, 2.05) is 6.07 Å². The summed E-state index contributed by atoms with van der Waals surface area (Å²) in [5.74, 6) is -0.328. The second-order valence-electron chi connectivity index (χ2n) is 4.94. The van der Waals surface area contributed by atoms with Gasteiger partial charge < -0.3 is 14.8 Å². The lowest BCUT2D eigenvalue weighted by molar-refractivity contribution is -0.118. The normalized spacial score (nSPS) is 9.71. The molecule has 1 N–H and O–H groups in total. The van der Waals surface area contributed by atoms with Gasteiger partial charge >= 0.3 is 5.97 Å². The lowest BCUT2D eigenvalue weighted by Crippen LogP contribution is -2.21. The Morgan fingerprint density at radius 3 is 2.50 bits per heavy atom. The molecule has 1 amide bonds. The van der Waals surface area contributed by atoms with Crippen molar-refractivity contribution >= 4 is 17.6 Å². The largest absolute Gasteiger partial charge is 0.484 e. The number of nitriles is 1. The second-order valence-corrected chi connectivity index (χ2v) is 4.94. The Balaban J connectivity index is 1.99. The summed E-state index contributed by atoms with van der Waals surface area (Å²) in [6, 6.07) is 13.4. The molecule has 0 aliphatic heterocycles. The summed E-state index contributed by atoms with van der Waals surface area (Å²) in [5.41, 5.74) is 2.05. The number of nitrogens with zero attached hydrogens (tertiary/aromatic N) is 1. The SMILES string of the molecule is COC(=O)c1cccc(NC(=O)COc2ccc(C#N)cc2)c1C. The summed E-state index contributed by atoms with van der Waals surface area (Å²) < 4.78 is 10.1. The smallest absolute Gasteiger partial charge is 0.338 e. The van der Waals surface area contributed by atoms with Crippen molar-refractivity contribution in [3.8, 4) is 11.8 Å². The molecule has 0 radical (unpaired) electrons. The number of esters is 1. The number of amides is 1. The number of benzene rings is 2. The Morgan fingerprint density at radius 1 is 1.17 bits per heavy atom. The molecule has 0 aromatic heterocycles. The highest BCUT2D eigenvalue weighted by atomic mass is 16.5. The van der Waals surface area contributed by atoms with Crippen LogP contribution in [0, 0.1) is 18.3 Å². The van der Waals surface area contributed by atoms with E-state index in [9.17, 15) is 9.59 Å². The molecule has 0 unspecified atom stereocenters. The topological polar surface area (TPSA) is 88.4 Å². The van der Waals surface area contributed by atoms with Crippen molar-refractivity contribution < 1.29 is 19.1 Å². The first kappa shape index (κ1) is 17.0. The third-order valence-electron chi connectivity index (χ3n) is 3.37. The van der Waals surface area contributed by atoms with E-state index in [1.165, 1.54) is 7.11 Å². The van der Waals surface area contributed by atoms with Gasteiger partial charge in [-0.2, -0.15) is 5.26 Å². The van der Waals surface area contributed by atoms with Crippen LogP contribution < -0.4 is 10.1 Å². The Bertz CT molecular complexity index is 792. The minimum atomic E-state index is -0.461. The van der Waals surface area contributed by atoms with Crippen LogP contribution in [0.1, 0.15) is 21.5 Å². The molecular weight excluding hydrogens is 308 g/mol. The van der Waals surface area contributed by atoms with Gasteiger partial charge in [-0.25, -0.2) is 4.79 Å². The lowest BCUT2D eigenvalue weighted by atomic mass is 10.1. The van der Waals surface area contributed by atoms with Gasteiger partial charge in [-0.1, -0.05) is 6.07 Å². The first-order chi connectivity index (χ1) is 11.5. The van der Waals surface area contributed by atoms with E-state index in [0.717, 1.165) is 0 Å². The molecule has 0 aliphatic carbocycles. The number of ether oxygens (including phenoxy) is 2. The minimum Gasteiger partial charge on any atom is -0.484 e. The molecule has 2 aromatic rings. The minimum absolute atomic E-state index is 0.187. The molecule has 2 aromatic carbocycles.